The van der Waals surface area contributed by atoms with E-state index < -0.39 is 0 Å². The van der Waals surface area contributed by atoms with Crippen molar-refractivity contribution >= 4 is 23.2 Å². The molecule has 0 radical (unpaired) electrons. The van der Waals surface area contributed by atoms with Crippen molar-refractivity contribution in [1.82, 2.24) is 5.32 Å². The highest BCUT2D eigenvalue weighted by Crippen LogP contribution is 2.14. The summed E-state index contributed by atoms with van der Waals surface area (Å²) in [5.41, 5.74) is 2.37. The van der Waals surface area contributed by atoms with Crippen molar-refractivity contribution in [2.24, 2.45) is 9.98 Å². The Balaban J connectivity index is 2.04. The molecule has 0 saturated carbocycles. The predicted molar refractivity (Wildman–Crippen MR) is 102 cm³/mol. The number of rotatable bonds is 5. The second-order valence-corrected chi connectivity index (χ2v) is 5.61. The van der Waals surface area contributed by atoms with Crippen LogP contribution >= 0.6 is 0 Å². The molecule has 2 rings (SSSR count). The van der Waals surface area contributed by atoms with E-state index in [1.54, 1.807) is 38.2 Å². The Kier molecular flexibility index (Phi) is 6.38. The van der Waals surface area contributed by atoms with E-state index in [1.165, 1.54) is 24.3 Å². The van der Waals surface area contributed by atoms with Gasteiger partial charge >= 0.3 is 0 Å². The second-order valence-electron chi connectivity index (χ2n) is 5.61. The summed E-state index contributed by atoms with van der Waals surface area (Å²) in [6.07, 6.45) is 0.144. The first-order valence-electron chi connectivity index (χ1n) is 7.94. The molecule has 5 nitrogen and oxygen atoms in total. The Morgan fingerprint density at radius 3 is 2.35 bits per heavy atom. The topological polar surface area (TPSA) is 74.0 Å². The van der Waals surface area contributed by atoms with Crippen LogP contribution in [0.2, 0.25) is 0 Å². The number of nitrogens with one attached hydrogen (secondary N) is 1. The van der Waals surface area contributed by atoms with Crippen LogP contribution in [-0.2, 0) is 11.2 Å². The van der Waals surface area contributed by atoms with Crippen molar-refractivity contribution in [3.63, 3.8) is 0 Å². The quantitative estimate of drug-likeness (QED) is 0.639. The summed E-state index contributed by atoms with van der Waals surface area (Å²) in [6.45, 7) is 5.57. The first-order valence-corrected chi connectivity index (χ1v) is 7.94. The Morgan fingerprint density at radius 1 is 1.15 bits per heavy atom. The van der Waals surface area contributed by atoms with Crippen LogP contribution in [0.1, 0.15) is 18.1 Å². The Bertz CT molecular complexity index is 854. The molecular formula is C20H20FN3O2. The molecular weight excluding hydrogens is 333 g/mol. The van der Waals surface area contributed by atoms with Gasteiger partial charge in [0.1, 0.15) is 17.4 Å². The Hall–Kier alpha value is -3.28. The lowest BCUT2D eigenvalue weighted by atomic mass is 10.1. The number of aliphatic imine (C=N–C) groups is 2. The molecule has 6 heteroatoms. The van der Waals surface area contributed by atoms with Crippen LogP contribution in [0.5, 0.6) is 5.75 Å². The van der Waals surface area contributed by atoms with Gasteiger partial charge in [0.15, 0.2) is 0 Å². The first kappa shape index (κ1) is 19.1. The lowest BCUT2D eigenvalue weighted by Gasteiger charge is -2.09. The lowest BCUT2D eigenvalue weighted by Crippen LogP contribution is -2.36. The van der Waals surface area contributed by atoms with Crippen LogP contribution in [0.15, 0.2) is 65.1 Å². The number of nitrogens with zero attached hydrogens (tertiary/aromatic N) is 2. The molecule has 0 unspecified atom stereocenters. The van der Waals surface area contributed by atoms with E-state index in [4.69, 9.17) is 0 Å². The molecule has 1 amide bonds. The van der Waals surface area contributed by atoms with Crippen LogP contribution in [0.3, 0.4) is 0 Å². The van der Waals surface area contributed by atoms with Crippen molar-refractivity contribution in [3.8, 4) is 5.75 Å². The van der Waals surface area contributed by atoms with Crippen LogP contribution < -0.4 is 5.32 Å². The molecule has 2 aromatic rings. The zero-order chi connectivity index (χ0) is 19.1. The van der Waals surface area contributed by atoms with Gasteiger partial charge < -0.3 is 10.4 Å². The molecule has 0 aromatic heterocycles. The van der Waals surface area contributed by atoms with Crippen molar-refractivity contribution in [2.45, 2.75) is 13.3 Å². The number of phenols is 1. The lowest BCUT2D eigenvalue weighted by molar-refractivity contribution is -0.119. The van der Waals surface area contributed by atoms with Gasteiger partial charge in [0.2, 0.25) is 5.91 Å². The summed E-state index contributed by atoms with van der Waals surface area (Å²) in [7, 11) is 1.55. The van der Waals surface area contributed by atoms with E-state index in [1.807, 2.05) is 0 Å². The monoisotopic (exact) mass is 353 g/mol. The fraction of sp³-hybridized carbons (Fsp3) is 0.150. The number of hydrogen-bond donors (Lipinski definition) is 2. The van der Waals surface area contributed by atoms with Gasteiger partial charge in [-0.2, -0.15) is 0 Å². The highest BCUT2D eigenvalue weighted by atomic mass is 19.1. The van der Waals surface area contributed by atoms with E-state index in [0.717, 1.165) is 5.56 Å². The van der Waals surface area contributed by atoms with Crippen LogP contribution in [0, 0.1) is 5.82 Å². The normalized spacial score (nSPS) is 12.0. The fourth-order valence-electron chi connectivity index (χ4n) is 2.25. The maximum absolute atomic E-state index is 13.0. The van der Waals surface area contributed by atoms with Crippen molar-refractivity contribution in [3.05, 3.63) is 72.1 Å². The van der Waals surface area contributed by atoms with E-state index in [2.05, 4.69) is 21.9 Å². The third-order valence-corrected chi connectivity index (χ3v) is 3.61. The molecule has 2 aromatic carbocycles. The number of carbonyl (C=O) groups excluding carboxylic acids is 1. The van der Waals surface area contributed by atoms with Gasteiger partial charge in [-0.1, -0.05) is 18.7 Å². The van der Waals surface area contributed by atoms with E-state index in [-0.39, 0.29) is 23.9 Å². The van der Waals surface area contributed by atoms with Gasteiger partial charge in [0.05, 0.1) is 17.8 Å². The minimum absolute atomic E-state index is 0.144. The van der Waals surface area contributed by atoms with E-state index in [0.29, 0.717) is 22.8 Å². The molecule has 0 aliphatic heterocycles. The van der Waals surface area contributed by atoms with Gasteiger partial charge in [0.25, 0.3) is 0 Å². The maximum Gasteiger partial charge on any atom is 0.229 e. The number of amides is 1. The third kappa shape index (κ3) is 5.37. The summed E-state index contributed by atoms with van der Waals surface area (Å²) >= 11 is 0. The Morgan fingerprint density at radius 2 is 1.77 bits per heavy atom. The fourth-order valence-corrected chi connectivity index (χ4v) is 2.25. The highest BCUT2D eigenvalue weighted by molar-refractivity contribution is 6.43. The number of carbonyl (C=O) groups is 1. The van der Waals surface area contributed by atoms with Crippen molar-refractivity contribution in [1.29, 1.82) is 0 Å². The Labute approximate surface area is 151 Å². The summed E-state index contributed by atoms with van der Waals surface area (Å²) in [4.78, 5) is 20.6. The molecule has 2 N–H and O–H groups in total. The second kappa shape index (κ2) is 8.71. The molecule has 0 bridgehead atoms. The van der Waals surface area contributed by atoms with Gasteiger partial charge in [-0.25, -0.2) is 9.38 Å². The molecule has 134 valence electrons. The number of phenolic OH excluding ortho intramolecular Hbond substituents is 1. The zero-order valence-electron chi connectivity index (χ0n) is 14.7. The average molecular weight is 353 g/mol. The predicted octanol–water partition coefficient (Wildman–Crippen LogP) is 3.35. The first-order chi connectivity index (χ1) is 12.4. The summed E-state index contributed by atoms with van der Waals surface area (Å²) in [5, 5.41) is 12.0. The molecule has 0 fully saturated rings. The highest BCUT2D eigenvalue weighted by Gasteiger charge is 2.10. The van der Waals surface area contributed by atoms with E-state index >= 15 is 0 Å². The van der Waals surface area contributed by atoms with Crippen molar-refractivity contribution in [2.75, 3.05) is 7.05 Å². The minimum Gasteiger partial charge on any atom is -0.508 e. The van der Waals surface area contributed by atoms with Crippen LogP contribution in [0.4, 0.5) is 4.39 Å². The zero-order valence-corrected chi connectivity index (χ0v) is 14.7. The van der Waals surface area contributed by atoms with Gasteiger partial charge in [-0.3, -0.25) is 9.79 Å². The summed E-state index contributed by atoms with van der Waals surface area (Å²) < 4.78 is 13.0. The molecule has 0 spiro atoms. The average Bonchev–Trinajstić information content (AvgIpc) is 2.62. The third-order valence-electron chi connectivity index (χ3n) is 3.61. The smallest absolute Gasteiger partial charge is 0.229 e. The minimum atomic E-state index is -0.334. The van der Waals surface area contributed by atoms with Gasteiger partial charge in [0, 0.05) is 7.05 Å². The maximum atomic E-state index is 13.0. The molecule has 0 aliphatic carbocycles. The number of benzene rings is 2. The van der Waals surface area contributed by atoms with Crippen molar-refractivity contribution < 1.29 is 14.3 Å². The number of aromatic hydroxyl groups is 1. The number of halogens is 1. The largest absolute Gasteiger partial charge is 0.508 e. The van der Waals surface area contributed by atoms with Gasteiger partial charge in [-0.15, -0.1) is 0 Å². The molecule has 0 atom stereocenters. The number of hydrogen-bond acceptors (Lipinski definition) is 4. The molecule has 0 saturated heterocycles. The SMILES string of the molecule is C=C(N=C(C)C(=NC)NC(=O)Cc1ccc(O)cc1)c1ccc(F)cc1. The summed E-state index contributed by atoms with van der Waals surface area (Å²) in [5.74, 6) is -0.109. The number of amidine groups is 1. The molecule has 0 heterocycles. The standard InChI is InChI=1S/C20H20FN3O2/c1-13(16-6-8-17(21)9-7-16)23-14(2)20(22-3)24-19(26)12-15-4-10-18(25)11-5-15/h4-11,25H,1,12H2,2-3H3,(H,22,24,26). The van der Waals surface area contributed by atoms with Crippen LogP contribution in [0.25, 0.3) is 5.70 Å². The molecule has 26 heavy (non-hydrogen) atoms. The van der Waals surface area contributed by atoms with Gasteiger partial charge in [-0.05, 0) is 54.4 Å². The van der Waals surface area contributed by atoms with E-state index in [9.17, 15) is 14.3 Å². The molecule has 0 aliphatic rings. The summed E-state index contributed by atoms with van der Waals surface area (Å²) in [6, 6.07) is 12.2. The van der Waals surface area contributed by atoms with Crippen LogP contribution in [-0.4, -0.2) is 29.6 Å².